The lowest BCUT2D eigenvalue weighted by molar-refractivity contribution is 0.0833. The van der Waals surface area contributed by atoms with Gasteiger partial charge in [0.15, 0.2) is 0 Å². The third-order valence-electron chi connectivity index (χ3n) is 4.51. The van der Waals surface area contributed by atoms with Crippen molar-refractivity contribution < 1.29 is 10.2 Å². The largest absolute Gasteiger partial charge is 0.394 e. The fraction of sp³-hybridized carbons (Fsp3) is 1.00. The first-order chi connectivity index (χ1) is 8.81. The average Bonchev–Trinajstić information content (AvgIpc) is 2.46. The topological polar surface area (TPSA) is 64.5 Å². The van der Waals surface area contributed by atoms with Gasteiger partial charge in [-0.3, -0.25) is 0 Å². The van der Waals surface area contributed by atoms with Crippen LogP contribution in [0.15, 0.2) is 0 Å². The number of hydrogen-bond donors (Lipinski definition) is 4. The molecule has 4 heteroatoms. The molecule has 0 aromatic carbocycles. The van der Waals surface area contributed by atoms with Crippen molar-refractivity contribution in [3.63, 3.8) is 0 Å². The van der Waals surface area contributed by atoms with Gasteiger partial charge in [-0.1, -0.05) is 19.3 Å². The maximum Gasteiger partial charge on any atom is 0.0895 e. The number of aliphatic hydroxyl groups excluding tert-OH is 2. The van der Waals surface area contributed by atoms with Crippen LogP contribution >= 0.6 is 0 Å². The van der Waals surface area contributed by atoms with E-state index >= 15 is 0 Å². The molecule has 106 valence electrons. The summed E-state index contributed by atoms with van der Waals surface area (Å²) in [4.78, 5) is 0. The van der Waals surface area contributed by atoms with Crippen LogP contribution in [0.25, 0.3) is 0 Å². The summed E-state index contributed by atoms with van der Waals surface area (Å²) >= 11 is 0. The van der Waals surface area contributed by atoms with Gasteiger partial charge in [0.2, 0.25) is 0 Å². The molecule has 4 nitrogen and oxygen atoms in total. The fourth-order valence-electron chi connectivity index (χ4n) is 3.49. The van der Waals surface area contributed by atoms with E-state index in [1.165, 1.54) is 44.9 Å². The molecule has 4 unspecified atom stereocenters. The van der Waals surface area contributed by atoms with Crippen molar-refractivity contribution >= 4 is 0 Å². The molecule has 0 aromatic heterocycles. The first kappa shape index (κ1) is 14.3. The van der Waals surface area contributed by atoms with E-state index in [1.54, 1.807) is 0 Å². The maximum absolute atomic E-state index is 9.46. The van der Waals surface area contributed by atoms with Crippen molar-refractivity contribution in [1.29, 1.82) is 0 Å². The molecule has 1 heterocycles. The second-order valence-electron chi connectivity index (χ2n) is 5.86. The summed E-state index contributed by atoms with van der Waals surface area (Å²) in [5, 5.41) is 25.5. The van der Waals surface area contributed by atoms with E-state index in [-0.39, 0.29) is 6.61 Å². The van der Waals surface area contributed by atoms with Gasteiger partial charge < -0.3 is 20.8 Å². The van der Waals surface area contributed by atoms with Crippen molar-refractivity contribution in [2.75, 3.05) is 19.7 Å². The van der Waals surface area contributed by atoms with Crippen LogP contribution in [0.5, 0.6) is 0 Å². The third-order valence-corrected chi connectivity index (χ3v) is 4.51. The second kappa shape index (κ2) is 7.43. The SMILES string of the molecule is OCC(O)CNC1CCCCC1C1CCCCN1. The molecule has 0 aromatic rings. The van der Waals surface area contributed by atoms with Gasteiger partial charge >= 0.3 is 0 Å². The zero-order valence-electron chi connectivity index (χ0n) is 11.3. The van der Waals surface area contributed by atoms with Gasteiger partial charge in [0.1, 0.15) is 0 Å². The lowest BCUT2D eigenvalue weighted by Crippen LogP contribution is -2.51. The minimum Gasteiger partial charge on any atom is -0.394 e. The van der Waals surface area contributed by atoms with Crippen molar-refractivity contribution in [3.05, 3.63) is 0 Å². The first-order valence-electron chi connectivity index (χ1n) is 7.57. The molecule has 1 aliphatic heterocycles. The van der Waals surface area contributed by atoms with Crippen molar-refractivity contribution in [1.82, 2.24) is 10.6 Å². The van der Waals surface area contributed by atoms with E-state index < -0.39 is 6.10 Å². The molecule has 1 saturated carbocycles. The van der Waals surface area contributed by atoms with E-state index in [0.717, 1.165) is 6.54 Å². The molecule has 1 aliphatic carbocycles. The summed E-state index contributed by atoms with van der Waals surface area (Å²) in [5.41, 5.74) is 0. The van der Waals surface area contributed by atoms with Gasteiger partial charge in [-0.05, 0) is 38.1 Å². The number of piperidine rings is 1. The fourth-order valence-corrected chi connectivity index (χ4v) is 3.49. The van der Waals surface area contributed by atoms with Gasteiger partial charge in [-0.2, -0.15) is 0 Å². The normalized spacial score (nSPS) is 35.3. The monoisotopic (exact) mass is 256 g/mol. The van der Waals surface area contributed by atoms with E-state index in [4.69, 9.17) is 5.11 Å². The van der Waals surface area contributed by atoms with Crippen molar-refractivity contribution in [2.45, 2.75) is 63.1 Å². The summed E-state index contributed by atoms with van der Waals surface area (Å²) in [6.07, 6.45) is 8.47. The van der Waals surface area contributed by atoms with Gasteiger partial charge in [0.25, 0.3) is 0 Å². The summed E-state index contributed by atoms with van der Waals surface area (Å²) in [5.74, 6) is 0.699. The summed E-state index contributed by atoms with van der Waals surface area (Å²) in [6.45, 7) is 1.53. The van der Waals surface area contributed by atoms with Crippen LogP contribution in [-0.2, 0) is 0 Å². The molecule has 2 aliphatic rings. The molecule has 2 fully saturated rings. The van der Waals surface area contributed by atoms with Gasteiger partial charge in [-0.25, -0.2) is 0 Å². The summed E-state index contributed by atoms with van der Waals surface area (Å²) in [6, 6.07) is 1.17. The molecule has 4 N–H and O–H groups in total. The van der Waals surface area contributed by atoms with Gasteiger partial charge in [0, 0.05) is 18.6 Å². The second-order valence-corrected chi connectivity index (χ2v) is 5.86. The average molecular weight is 256 g/mol. The molecule has 0 radical (unpaired) electrons. The van der Waals surface area contributed by atoms with Crippen LogP contribution < -0.4 is 10.6 Å². The first-order valence-corrected chi connectivity index (χ1v) is 7.57. The Kier molecular flexibility index (Phi) is 5.89. The van der Waals surface area contributed by atoms with Crippen LogP contribution in [0.4, 0.5) is 0 Å². The standard InChI is InChI=1S/C14H28N2O2/c17-10-11(18)9-16-14-6-2-1-5-12(14)13-7-3-4-8-15-13/h11-18H,1-10H2. The Hall–Kier alpha value is -0.160. The van der Waals surface area contributed by atoms with Gasteiger partial charge in [-0.15, -0.1) is 0 Å². The maximum atomic E-state index is 9.46. The highest BCUT2D eigenvalue weighted by molar-refractivity contribution is 4.90. The molecule has 1 saturated heterocycles. The zero-order chi connectivity index (χ0) is 12.8. The predicted octanol–water partition coefficient (Wildman–Crippen LogP) is 0.630. The highest BCUT2D eigenvalue weighted by Gasteiger charge is 2.32. The number of nitrogens with one attached hydrogen (secondary N) is 2. The van der Waals surface area contributed by atoms with Crippen LogP contribution in [0, 0.1) is 5.92 Å². The Labute approximate surface area is 110 Å². The molecule has 2 rings (SSSR count). The van der Waals surface area contributed by atoms with Crippen LogP contribution in [-0.4, -0.2) is 48.1 Å². The Bertz CT molecular complexity index is 232. The summed E-state index contributed by atoms with van der Waals surface area (Å²) in [7, 11) is 0. The quantitative estimate of drug-likeness (QED) is 0.582. The molecule has 0 spiro atoms. The highest BCUT2D eigenvalue weighted by atomic mass is 16.3. The molecular formula is C14H28N2O2. The molecule has 4 atom stereocenters. The predicted molar refractivity (Wildman–Crippen MR) is 72.5 cm³/mol. The van der Waals surface area contributed by atoms with Gasteiger partial charge in [0.05, 0.1) is 12.7 Å². The van der Waals surface area contributed by atoms with E-state index in [2.05, 4.69) is 10.6 Å². The molecular weight excluding hydrogens is 228 g/mol. The number of aliphatic hydroxyl groups is 2. The smallest absolute Gasteiger partial charge is 0.0895 e. The van der Waals surface area contributed by atoms with Crippen LogP contribution in [0.3, 0.4) is 0 Å². The minimum atomic E-state index is -0.619. The van der Waals surface area contributed by atoms with E-state index in [1.807, 2.05) is 0 Å². The molecule has 0 bridgehead atoms. The lowest BCUT2D eigenvalue weighted by atomic mass is 9.77. The van der Waals surface area contributed by atoms with Crippen molar-refractivity contribution in [3.8, 4) is 0 Å². The zero-order valence-corrected chi connectivity index (χ0v) is 11.3. The number of rotatable bonds is 5. The van der Waals surface area contributed by atoms with E-state index in [9.17, 15) is 5.11 Å². The van der Waals surface area contributed by atoms with Crippen molar-refractivity contribution in [2.24, 2.45) is 5.92 Å². The number of hydrogen-bond acceptors (Lipinski definition) is 4. The van der Waals surface area contributed by atoms with Crippen LogP contribution in [0.1, 0.15) is 44.9 Å². The highest BCUT2D eigenvalue weighted by Crippen LogP contribution is 2.30. The Balaban J connectivity index is 1.84. The minimum absolute atomic E-state index is 0.147. The van der Waals surface area contributed by atoms with E-state index in [0.29, 0.717) is 24.5 Å². The molecule has 18 heavy (non-hydrogen) atoms. The Morgan fingerprint density at radius 1 is 1.11 bits per heavy atom. The van der Waals surface area contributed by atoms with Crippen LogP contribution in [0.2, 0.25) is 0 Å². The third kappa shape index (κ3) is 3.92. The summed E-state index contributed by atoms with van der Waals surface area (Å²) < 4.78 is 0. The Morgan fingerprint density at radius 2 is 1.89 bits per heavy atom. The molecule has 0 amide bonds. The Morgan fingerprint density at radius 3 is 2.61 bits per heavy atom. The lowest BCUT2D eigenvalue weighted by Gasteiger charge is -2.40.